The van der Waals surface area contributed by atoms with Gasteiger partial charge in [-0.3, -0.25) is 4.79 Å². The van der Waals surface area contributed by atoms with E-state index in [4.69, 9.17) is 10.9 Å². The number of hydrogen-bond donors (Lipinski definition) is 3. The lowest BCUT2D eigenvalue weighted by atomic mass is 9.95. The van der Waals surface area contributed by atoms with E-state index in [-0.39, 0.29) is 11.4 Å². The molecule has 0 radical (unpaired) electrons. The standard InChI is InChI=1S/C14H17F2N3O2/c15-10-4-3-5-11(16)9(10)8-12(20)18-14(13(17)19-21)6-1-2-7-14/h3-5,21H,1-2,6-8H2,(H2,17,19)(H,18,20). The number of amidine groups is 1. The molecule has 1 amide bonds. The zero-order valence-corrected chi connectivity index (χ0v) is 11.4. The molecule has 0 aliphatic heterocycles. The van der Waals surface area contributed by atoms with Gasteiger partial charge in [0.15, 0.2) is 5.84 Å². The highest BCUT2D eigenvalue weighted by atomic mass is 19.1. The number of amides is 1. The van der Waals surface area contributed by atoms with E-state index in [2.05, 4.69) is 10.5 Å². The predicted molar refractivity (Wildman–Crippen MR) is 72.8 cm³/mol. The van der Waals surface area contributed by atoms with Crippen LogP contribution in [0.2, 0.25) is 0 Å². The fraction of sp³-hybridized carbons (Fsp3) is 0.429. The van der Waals surface area contributed by atoms with Gasteiger partial charge in [-0.1, -0.05) is 24.1 Å². The van der Waals surface area contributed by atoms with Gasteiger partial charge in [0.25, 0.3) is 0 Å². The second kappa shape index (κ2) is 6.07. The number of rotatable bonds is 4. The van der Waals surface area contributed by atoms with Gasteiger partial charge in [-0.05, 0) is 25.0 Å². The van der Waals surface area contributed by atoms with Crippen molar-refractivity contribution in [2.24, 2.45) is 10.9 Å². The average molecular weight is 297 g/mol. The molecule has 1 fully saturated rings. The summed E-state index contributed by atoms with van der Waals surface area (Å²) < 4.78 is 27.1. The maximum atomic E-state index is 13.5. The minimum absolute atomic E-state index is 0.0812. The fourth-order valence-electron chi connectivity index (χ4n) is 2.69. The molecule has 0 unspecified atom stereocenters. The van der Waals surface area contributed by atoms with E-state index in [0.29, 0.717) is 12.8 Å². The molecule has 2 rings (SSSR count). The highest BCUT2D eigenvalue weighted by molar-refractivity contribution is 5.94. The third-order valence-corrected chi connectivity index (χ3v) is 3.83. The molecule has 7 heteroatoms. The predicted octanol–water partition coefficient (Wildman–Crippen LogP) is 1.68. The van der Waals surface area contributed by atoms with Crippen molar-refractivity contribution < 1.29 is 18.8 Å². The van der Waals surface area contributed by atoms with Gasteiger partial charge in [0.1, 0.15) is 17.2 Å². The summed E-state index contributed by atoms with van der Waals surface area (Å²) in [5, 5.41) is 14.5. The number of oxime groups is 1. The van der Waals surface area contributed by atoms with Crippen LogP contribution in [0.3, 0.4) is 0 Å². The molecule has 0 heterocycles. The molecule has 1 aliphatic rings. The summed E-state index contributed by atoms with van der Waals surface area (Å²) in [5.41, 5.74) is 4.44. The van der Waals surface area contributed by atoms with Crippen LogP contribution in [0, 0.1) is 11.6 Å². The second-order valence-electron chi connectivity index (χ2n) is 5.20. The smallest absolute Gasteiger partial charge is 0.225 e. The van der Waals surface area contributed by atoms with Gasteiger partial charge >= 0.3 is 0 Å². The first-order valence-electron chi connectivity index (χ1n) is 6.70. The number of nitrogens with one attached hydrogen (secondary N) is 1. The van der Waals surface area contributed by atoms with Crippen molar-refractivity contribution in [1.82, 2.24) is 5.32 Å². The number of carbonyl (C=O) groups is 1. The number of nitrogens with two attached hydrogens (primary N) is 1. The molecule has 0 saturated heterocycles. The number of carbonyl (C=O) groups excluding carboxylic acids is 1. The van der Waals surface area contributed by atoms with Crippen molar-refractivity contribution >= 4 is 11.7 Å². The third-order valence-electron chi connectivity index (χ3n) is 3.83. The molecule has 5 nitrogen and oxygen atoms in total. The van der Waals surface area contributed by atoms with Crippen molar-refractivity contribution in [2.45, 2.75) is 37.6 Å². The summed E-state index contributed by atoms with van der Waals surface area (Å²) >= 11 is 0. The number of nitrogens with zero attached hydrogens (tertiary/aromatic N) is 1. The van der Waals surface area contributed by atoms with Crippen molar-refractivity contribution in [2.75, 3.05) is 0 Å². The number of halogens is 2. The van der Waals surface area contributed by atoms with E-state index in [1.54, 1.807) is 0 Å². The van der Waals surface area contributed by atoms with Gasteiger partial charge in [0.2, 0.25) is 5.91 Å². The molecular formula is C14H17F2N3O2. The van der Waals surface area contributed by atoms with Crippen LogP contribution in [-0.4, -0.2) is 22.5 Å². The van der Waals surface area contributed by atoms with Crippen LogP contribution in [0.15, 0.2) is 23.4 Å². The maximum Gasteiger partial charge on any atom is 0.225 e. The zero-order chi connectivity index (χ0) is 15.5. The average Bonchev–Trinajstić information content (AvgIpc) is 2.92. The molecule has 1 aromatic carbocycles. The Morgan fingerprint density at radius 1 is 1.33 bits per heavy atom. The first-order chi connectivity index (χ1) is 9.98. The monoisotopic (exact) mass is 297 g/mol. The summed E-state index contributed by atoms with van der Waals surface area (Å²) in [4.78, 5) is 12.1. The van der Waals surface area contributed by atoms with Crippen molar-refractivity contribution in [3.63, 3.8) is 0 Å². The number of benzene rings is 1. The van der Waals surface area contributed by atoms with E-state index in [1.165, 1.54) is 6.07 Å². The van der Waals surface area contributed by atoms with Crippen LogP contribution >= 0.6 is 0 Å². The quantitative estimate of drug-likeness (QED) is 0.342. The Bertz CT molecular complexity index is 549. The Morgan fingerprint density at radius 2 is 1.90 bits per heavy atom. The molecule has 114 valence electrons. The van der Waals surface area contributed by atoms with Crippen molar-refractivity contribution in [3.05, 3.63) is 35.4 Å². The largest absolute Gasteiger partial charge is 0.409 e. The Kier molecular flexibility index (Phi) is 4.40. The molecule has 1 saturated carbocycles. The van der Waals surface area contributed by atoms with Crippen LogP contribution in [0.25, 0.3) is 0 Å². The molecule has 0 bridgehead atoms. The first-order valence-corrected chi connectivity index (χ1v) is 6.70. The Morgan fingerprint density at radius 3 is 2.43 bits per heavy atom. The minimum Gasteiger partial charge on any atom is -0.409 e. The SMILES string of the molecule is N/C(=N/O)C1(NC(=O)Cc2c(F)cccc2F)CCCC1. The van der Waals surface area contributed by atoms with Crippen LogP contribution in [-0.2, 0) is 11.2 Å². The highest BCUT2D eigenvalue weighted by Gasteiger charge is 2.39. The summed E-state index contributed by atoms with van der Waals surface area (Å²) in [7, 11) is 0. The lowest BCUT2D eigenvalue weighted by Crippen LogP contribution is -2.56. The molecule has 0 aromatic heterocycles. The zero-order valence-electron chi connectivity index (χ0n) is 11.4. The molecule has 0 atom stereocenters. The van der Waals surface area contributed by atoms with E-state index in [0.717, 1.165) is 25.0 Å². The van der Waals surface area contributed by atoms with Gasteiger partial charge in [-0.15, -0.1) is 0 Å². The van der Waals surface area contributed by atoms with Gasteiger partial charge in [-0.2, -0.15) is 0 Å². The topological polar surface area (TPSA) is 87.7 Å². The maximum absolute atomic E-state index is 13.5. The van der Waals surface area contributed by atoms with Crippen molar-refractivity contribution in [3.8, 4) is 0 Å². The Hall–Kier alpha value is -2.18. The van der Waals surface area contributed by atoms with E-state index >= 15 is 0 Å². The molecule has 1 aromatic rings. The molecule has 21 heavy (non-hydrogen) atoms. The van der Waals surface area contributed by atoms with Crippen LogP contribution in [0.5, 0.6) is 0 Å². The molecule has 4 N–H and O–H groups in total. The van der Waals surface area contributed by atoms with E-state index in [1.807, 2.05) is 0 Å². The van der Waals surface area contributed by atoms with Crippen LogP contribution < -0.4 is 11.1 Å². The van der Waals surface area contributed by atoms with Crippen molar-refractivity contribution in [1.29, 1.82) is 0 Å². The van der Waals surface area contributed by atoms with Crippen LogP contribution in [0.4, 0.5) is 8.78 Å². The fourth-order valence-corrected chi connectivity index (χ4v) is 2.69. The third kappa shape index (κ3) is 3.12. The van der Waals surface area contributed by atoms with Gasteiger partial charge < -0.3 is 16.3 Å². The summed E-state index contributed by atoms with van der Waals surface area (Å²) in [6.45, 7) is 0. The second-order valence-corrected chi connectivity index (χ2v) is 5.20. The van der Waals surface area contributed by atoms with Crippen LogP contribution in [0.1, 0.15) is 31.2 Å². The van der Waals surface area contributed by atoms with Gasteiger partial charge in [-0.25, -0.2) is 8.78 Å². The van der Waals surface area contributed by atoms with Gasteiger partial charge in [0, 0.05) is 5.56 Å². The van der Waals surface area contributed by atoms with E-state index < -0.39 is 29.5 Å². The molecule has 1 aliphatic carbocycles. The summed E-state index contributed by atoms with van der Waals surface area (Å²) in [5.74, 6) is -2.18. The minimum atomic E-state index is -0.923. The summed E-state index contributed by atoms with van der Waals surface area (Å²) in [6.07, 6.45) is 2.29. The lowest BCUT2D eigenvalue weighted by molar-refractivity contribution is -0.121. The van der Waals surface area contributed by atoms with Gasteiger partial charge in [0.05, 0.1) is 6.42 Å². The Balaban J connectivity index is 2.14. The van der Waals surface area contributed by atoms with E-state index in [9.17, 15) is 13.6 Å². The Labute approximate surface area is 120 Å². The molecule has 0 spiro atoms. The first kappa shape index (κ1) is 15.2. The normalized spacial score (nSPS) is 17.7. The summed E-state index contributed by atoms with van der Waals surface area (Å²) in [6, 6.07) is 3.43. The highest BCUT2D eigenvalue weighted by Crippen LogP contribution is 2.30. The molecular weight excluding hydrogens is 280 g/mol. The number of hydrogen-bond acceptors (Lipinski definition) is 3. The lowest BCUT2D eigenvalue weighted by Gasteiger charge is -2.28.